The molecule has 3 heteroatoms. The third-order valence-electron chi connectivity index (χ3n) is 2.74. The normalized spacial score (nSPS) is 17.2. The number of hydrogen-bond acceptors (Lipinski definition) is 3. The molecule has 1 saturated heterocycles. The Hall–Kier alpha value is -2.13. The predicted octanol–water partition coefficient (Wildman–Crippen LogP) is 3.06. The van der Waals surface area contributed by atoms with Crippen molar-refractivity contribution < 1.29 is 14.3 Å². The molecule has 3 rings (SSSR count). The number of carbonyl (C=O) groups is 1. The molecule has 2 aromatic rings. The van der Waals surface area contributed by atoms with Gasteiger partial charge in [0.15, 0.2) is 5.78 Å². The average molecular weight is 240 g/mol. The summed E-state index contributed by atoms with van der Waals surface area (Å²) >= 11 is 0. The average Bonchev–Trinajstić information content (AvgIpc) is 3.24. The number of epoxide rings is 1. The highest BCUT2D eigenvalue weighted by Gasteiger charge is 2.31. The van der Waals surface area contributed by atoms with Gasteiger partial charge in [0, 0.05) is 5.56 Å². The Labute approximate surface area is 105 Å². The van der Waals surface area contributed by atoms with Crippen molar-refractivity contribution in [1.29, 1.82) is 0 Å². The van der Waals surface area contributed by atoms with Crippen molar-refractivity contribution in [2.24, 2.45) is 0 Å². The number of carbonyl (C=O) groups excluding carboxylic acids is 1. The summed E-state index contributed by atoms with van der Waals surface area (Å²) in [6.45, 7) is 0.543. The van der Waals surface area contributed by atoms with Crippen LogP contribution >= 0.6 is 0 Å². The first-order valence-corrected chi connectivity index (χ1v) is 5.82. The van der Waals surface area contributed by atoms with Crippen molar-refractivity contribution >= 4 is 5.78 Å². The number of Topliss-reactive ketones (excluding diaryl/α,β-unsaturated/α-hetero) is 1. The molecule has 0 radical (unpaired) electrons. The second-order valence-corrected chi connectivity index (χ2v) is 4.13. The first-order valence-electron chi connectivity index (χ1n) is 5.82. The number of ether oxygens (including phenoxy) is 2. The van der Waals surface area contributed by atoms with Gasteiger partial charge < -0.3 is 9.47 Å². The van der Waals surface area contributed by atoms with Gasteiger partial charge in [-0.3, -0.25) is 4.79 Å². The van der Waals surface area contributed by atoms with Crippen LogP contribution in [0.1, 0.15) is 10.4 Å². The molecule has 2 aromatic carbocycles. The Morgan fingerprint density at radius 1 is 1.00 bits per heavy atom. The van der Waals surface area contributed by atoms with Crippen molar-refractivity contribution in [2.75, 3.05) is 6.61 Å². The van der Waals surface area contributed by atoms with Crippen molar-refractivity contribution in [3.8, 4) is 11.5 Å². The van der Waals surface area contributed by atoms with Crippen LogP contribution in [-0.4, -0.2) is 18.5 Å². The van der Waals surface area contributed by atoms with Gasteiger partial charge in [-0.25, -0.2) is 0 Å². The number of ketones is 1. The minimum absolute atomic E-state index is 0.0428. The lowest BCUT2D eigenvalue weighted by atomic mass is 10.1. The summed E-state index contributed by atoms with van der Waals surface area (Å²) in [7, 11) is 0. The van der Waals surface area contributed by atoms with Crippen LogP contribution in [0.25, 0.3) is 0 Å². The maximum absolute atomic E-state index is 11.7. The summed E-state index contributed by atoms with van der Waals surface area (Å²) in [4.78, 5) is 11.7. The van der Waals surface area contributed by atoms with E-state index >= 15 is 0 Å². The molecule has 90 valence electrons. The largest absolute Gasteiger partial charge is 0.457 e. The molecule has 1 heterocycles. The molecule has 1 aliphatic rings. The molecule has 1 aliphatic heterocycles. The van der Waals surface area contributed by atoms with Crippen LogP contribution in [0.5, 0.6) is 11.5 Å². The molecule has 1 atom stereocenters. The van der Waals surface area contributed by atoms with Crippen molar-refractivity contribution in [2.45, 2.75) is 6.10 Å². The van der Waals surface area contributed by atoms with Crippen molar-refractivity contribution in [3.63, 3.8) is 0 Å². The highest BCUT2D eigenvalue weighted by molar-refractivity contribution is 6.00. The van der Waals surface area contributed by atoms with Gasteiger partial charge in [-0.2, -0.15) is 0 Å². The molecule has 0 aliphatic carbocycles. The van der Waals surface area contributed by atoms with E-state index < -0.39 is 0 Å². The van der Waals surface area contributed by atoms with Gasteiger partial charge >= 0.3 is 0 Å². The standard InChI is InChI=1S/C15H12O3/c16-15(14-10-17-14)11-6-8-13(9-7-11)18-12-4-2-1-3-5-12/h1-9,14H,10H2. The molecule has 0 N–H and O–H groups in total. The van der Waals surface area contributed by atoms with Gasteiger partial charge in [-0.05, 0) is 36.4 Å². The van der Waals surface area contributed by atoms with E-state index in [0.717, 1.165) is 11.5 Å². The Kier molecular flexibility index (Phi) is 2.82. The van der Waals surface area contributed by atoms with Crippen LogP contribution in [0.15, 0.2) is 54.6 Å². The highest BCUT2D eigenvalue weighted by Crippen LogP contribution is 2.23. The Morgan fingerprint density at radius 2 is 1.61 bits per heavy atom. The summed E-state index contributed by atoms with van der Waals surface area (Å²) in [6.07, 6.45) is -0.231. The summed E-state index contributed by atoms with van der Waals surface area (Å²) in [5, 5.41) is 0. The van der Waals surface area contributed by atoms with Gasteiger partial charge in [0.25, 0.3) is 0 Å². The third-order valence-corrected chi connectivity index (χ3v) is 2.74. The van der Waals surface area contributed by atoms with E-state index in [9.17, 15) is 4.79 Å². The maximum Gasteiger partial charge on any atom is 0.193 e. The van der Waals surface area contributed by atoms with E-state index in [1.165, 1.54) is 0 Å². The Morgan fingerprint density at radius 3 is 2.22 bits per heavy atom. The molecule has 0 aromatic heterocycles. The molecular formula is C15H12O3. The fourth-order valence-electron chi connectivity index (χ4n) is 1.70. The monoisotopic (exact) mass is 240 g/mol. The maximum atomic E-state index is 11.7. The zero-order chi connectivity index (χ0) is 12.4. The molecule has 0 amide bonds. The minimum Gasteiger partial charge on any atom is -0.457 e. The Bertz CT molecular complexity index is 542. The van der Waals surface area contributed by atoms with Crippen LogP contribution in [0.2, 0.25) is 0 Å². The lowest BCUT2D eigenvalue weighted by molar-refractivity contribution is 0.0953. The van der Waals surface area contributed by atoms with E-state index in [2.05, 4.69) is 0 Å². The van der Waals surface area contributed by atoms with E-state index in [0.29, 0.717) is 12.2 Å². The van der Waals surface area contributed by atoms with E-state index in [4.69, 9.17) is 9.47 Å². The molecule has 1 unspecified atom stereocenters. The van der Waals surface area contributed by atoms with Gasteiger partial charge in [0.05, 0.1) is 6.61 Å². The minimum atomic E-state index is -0.231. The fourth-order valence-corrected chi connectivity index (χ4v) is 1.70. The quantitative estimate of drug-likeness (QED) is 0.609. The molecule has 0 saturated carbocycles. The van der Waals surface area contributed by atoms with Crippen LogP contribution in [-0.2, 0) is 4.74 Å². The number of para-hydroxylation sites is 1. The topological polar surface area (TPSA) is 38.8 Å². The lowest BCUT2D eigenvalue weighted by Gasteiger charge is -2.05. The molecule has 0 spiro atoms. The first-order chi connectivity index (χ1) is 8.83. The summed E-state index contributed by atoms with van der Waals surface area (Å²) in [5.74, 6) is 1.54. The number of hydrogen-bond donors (Lipinski definition) is 0. The number of benzene rings is 2. The van der Waals surface area contributed by atoms with E-state index in [1.54, 1.807) is 24.3 Å². The third kappa shape index (κ3) is 2.41. The smallest absolute Gasteiger partial charge is 0.193 e. The van der Waals surface area contributed by atoms with Gasteiger partial charge in [0.1, 0.15) is 17.6 Å². The Balaban J connectivity index is 1.73. The fraction of sp³-hybridized carbons (Fsp3) is 0.133. The van der Waals surface area contributed by atoms with Crippen molar-refractivity contribution in [3.05, 3.63) is 60.2 Å². The molecule has 1 fully saturated rings. The van der Waals surface area contributed by atoms with Crippen LogP contribution in [0, 0.1) is 0 Å². The van der Waals surface area contributed by atoms with Crippen LogP contribution in [0.3, 0.4) is 0 Å². The number of rotatable bonds is 4. The molecule has 18 heavy (non-hydrogen) atoms. The van der Waals surface area contributed by atoms with Crippen LogP contribution in [0.4, 0.5) is 0 Å². The van der Waals surface area contributed by atoms with Gasteiger partial charge in [0.2, 0.25) is 0 Å². The van der Waals surface area contributed by atoms with Gasteiger partial charge in [-0.1, -0.05) is 18.2 Å². The zero-order valence-corrected chi connectivity index (χ0v) is 9.71. The zero-order valence-electron chi connectivity index (χ0n) is 9.71. The second-order valence-electron chi connectivity index (χ2n) is 4.13. The highest BCUT2D eigenvalue weighted by atomic mass is 16.6. The molecule has 0 bridgehead atoms. The van der Waals surface area contributed by atoms with Crippen LogP contribution < -0.4 is 4.74 Å². The lowest BCUT2D eigenvalue weighted by Crippen LogP contribution is -2.06. The summed E-state index contributed by atoms with van der Waals surface area (Å²) in [6, 6.07) is 16.7. The van der Waals surface area contributed by atoms with E-state index in [-0.39, 0.29) is 11.9 Å². The van der Waals surface area contributed by atoms with E-state index in [1.807, 2.05) is 30.3 Å². The van der Waals surface area contributed by atoms with Crippen molar-refractivity contribution in [1.82, 2.24) is 0 Å². The first kappa shape index (κ1) is 11.0. The van der Waals surface area contributed by atoms with Gasteiger partial charge in [-0.15, -0.1) is 0 Å². The SMILES string of the molecule is O=C(c1ccc(Oc2ccccc2)cc1)C1CO1. The second kappa shape index (κ2) is 4.63. The summed E-state index contributed by atoms with van der Waals surface area (Å²) in [5.41, 5.74) is 0.665. The predicted molar refractivity (Wildman–Crippen MR) is 67.0 cm³/mol. The summed E-state index contributed by atoms with van der Waals surface area (Å²) < 4.78 is 10.6. The molecular weight excluding hydrogens is 228 g/mol. The molecule has 3 nitrogen and oxygen atoms in total.